The van der Waals surface area contributed by atoms with Crippen LogP contribution in [0.4, 0.5) is 0 Å². The van der Waals surface area contributed by atoms with Gasteiger partial charge in [0.2, 0.25) is 0 Å². The van der Waals surface area contributed by atoms with E-state index in [4.69, 9.17) is 34.8 Å². The molecule has 0 aliphatic heterocycles. The number of ketones is 1. The van der Waals surface area contributed by atoms with E-state index in [0.29, 0.717) is 6.42 Å². The quantitative estimate of drug-likeness (QED) is 0.582. The predicted molar refractivity (Wildman–Crippen MR) is 74.5 cm³/mol. The monoisotopic (exact) mass is 344 g/mol. The van der Waals surface area contributed by atoms with E-state index in [1.54, 1.807) is 0 Å². The molecule has 0 saturated heterocycles. The minimum Gasteiger partial charge on any atom is -0.297 e. The first-order valence-corrected chi connectivity index (χ1v) is 7.87. The second-order valence-electron chi connectivity index (χ2n) is 3.70. The highest BCUT2D eigenvalue weighted by molar-refractivity contribution is 7.87. The van der Waals surface area contributed by atoms with Gasteiger partial charge >= 0.3 is 0 Å². The summed E-state index contributed by atoms with van der Waals surface area (Å²) in [4.78, 5) is 10.9. The summed E-state index contributed by atoms with van der Waals surface area (Å²) in [6, 6.07) is 2.29. The van der Waals surface area contributed by atoms with Gasteiger partial charge in [0.05, 0.1) is 15.1 Å². The number of hydrogen-bond acceptors (Lipinski definition) is 4. The van der Waals surface area contributed by atoms with Crippen LogP contribution < -0.4 is 0 Å². The molecule has 106 valence electrons. The summed E-state index contributed by atoms with van der Waals surface area (Å²) >= 11 is 17.2. The summed E-state index contributed by atoms with van der Waals surface area (Å²) in [7, 11) is -4.14. The fourth-order valence-electron chi connectivity index (χ4n) is 1.25. The Labute approximate surface area is 126 Å². The van der Waals surface area contributed by atoms with Crippen LogP contribution in [0.3, 0.4) is 0 Å². The molecule has 0 atom stereocenters. The van der Waals surface area contributed by atoms with Gasteiger partial charge < -0.3 is 0 Å². The lowest BCUT2D eigenvalue weighted by atomic mass is 10.2. The lowest BCUT2D eigenvalue weighted by Gasteiger charge is -2.08. The minimum atomic E-state index is -4.14. The van der Waals surface area contributed by atoms with E-state index >= 15 is 0 Å². The maximum atomic E-state index is 11.9. The molecule has 1 aromatic rings. The zero-order valence-electron chi connectivity index (χ0n) is 9.95. The normalized spacial score (nSPS) is 11.6. The summed E-state index contributed by atoms with van der Waals surface area (Å²) in [5.74, 6) is -0.303. The summed E-state index contributed by atoms with van der Waals surface area (Å²) in [6.45, 7) is 1.29. The Hall–Kier alpha value is -0.330. The van der Waals surface area contributed by atoms with Gasteiger partial charge in [0.15, 0.2) is 5.78 Å². The maximum absolute atomic E-state index is 11.9. The molecule has 0 saturated carbocycles. The van der Waals surface area contributed by atoms with Crippen LogP contribution in [0, 0.1) is 0 Å². The second-order valence-corrected chi connectivity index (χ2v) is 6.51. The molecule has 0 spiro atoms. The van der Waals surface area contributed by atoms with Gasteiger partial charge in [0.25, 0.3) is 10.1 Å². The number of halogens is 3. The van der Waals surface area contributed by atoms with Crippen LogP contribution in [0.5, 0.6) is 0 Å². The van der Waals surface area contributed by atoms with Crippen molar-refractivity contribution in [1.82, 2.24) is 0 Å². The van der Waals surface area contributed by atoms with Gasteiger partial charge in [-0.2, -0.15) is 8.42 Å². The molecule has 0 aliphatic rings. The molecule has 19 heavy (non-hydrogen) atoms. The minimum absolute atomic E-state index is 0.0353. The number of carbonyl (C=O) groups is 1. The van der Waals surface area contributed by atoms with E-state index in [1.807, 2.05) is 6.92 Å². The standard InChI is InChI=1S/C11H11Cl3O4S/c1-2-3-7(15)6-18-19(16,17)11-5-9(13)8(12)4-10(11)14/h4-5H,2-3,6H2,1H3. The lowest BCUT2D eigenvalue weighted by Crippen LogP contribution is -2.14. The Morgan fingerprint density at radius 2 is 1.74 bits per heavy atom. The molecule has 0 amide bonds. The maximum Gasteiger partial charge on any atom is 0.298 e. The Morgan fingerprint density at radius 3 is 2.32 bits per heavy atom. The molecule has 0 bridgehead atoms. The molecular weight excluding hydrogens is 335 g/mol. The van der Waals surface area contributed by atoms with Crippen molar-refractivity contribution in [1.29, 1.82) is 0 Å². The van der Waals surface area contributed by atoms with Gasteiger partial charge in [0.1, 0.15) is 11.5 Å². The van der Waals surface area contributed by atoms with Crippen molar-refractivity contribution in [3.05, 3.63) is 27.2 Å². The molecule has 0 aliphatic carbocycles. The topological polar surface area (TPSA) is 60.4 Å². The number of carbonyl (C=O) groups excluding carboxylic acids is 1. The first-order chi connectivity index (χ1) is 8.77. The van der Waals surface area contributed by atoms with Crippen molar-refractivity contribution in [2.24, 2.45) is 0 Å². The molecule has 1 rings (SSSR count). The lowest BCUT2D eigenvalue weighted by molar-refractivity contribution is -0.121. The van der Waals surface area contributed by atoms with Crippen LogP contribution in [0.25, 0.3) is 0 Å². The zero-order chi connectivity index (χ0) is 14.6. The number of benzene rings is 1. The molecule has 0 N–H and O–H groups in total. The van der Waals surface area contributed by atoms with Gasteiger partial charge in [0, 0.05) is 6.42 Å². The van der Waals surface area contributed by atoms with Crippen molar-refractivity contribution >= 4 is 50.7 Å². The van der Waals surface area contributed by atoms with Crippen molar-refractivity contribution in [2.75, 3.05) is 6.61 Å². The zero-order valence-corrected chi connectivity index (χ0v) is 13.0. The molecule has 1 aromatic carbocycles. The molecule has 0 fully saturated rings. The van der Waals surface area contributed by atoms with Crippen molar-refractivity contribution < 1.29 is 17.4 Å². The Balaban J connectivity index is 2.95. The first kappa shape index (κ1) is 16.7. The van der Waals surface area contributed by atoms with Gasteiger partial charge in [-0.25, -0.2) is 0 Å². The van der Waals surface area contributed by atoms with Gasteiger partial charge in [-0.05, 0) is 18.6 Å². The first-order valence-electron chi connectivity index (χ1n) is 5.33. The van der Waals surface area contributed by atoms with Gasteiger partial charge in [-0.1, -0.05) is 41.7 Å². The highest BCUT2D eigenvalue weighted by atomic mass is 35.5. The van der Waals surface area contributed by atoms with Crippen LogP contribution in [0.15, 0.2) is 17.0 Å². The van der Waals surface area contributed by atoms with E-state index in [1.165, 1.54) is 6.07 Å². The fourth-order valence-corrected chi connectivity index (χ4v) is 3.12. The van der Waals surface area contributed by atoms with Crippen LogP contribution in [0.2, 0.25) is 15.1 Å². The van der Waals surface area contributed by atoms with Crippen molar-refractivity contribution in [2.45, 2.75) is 24.7 Å². The highest BCUT2D eigenvalue weighted by Gasteiger charge is 2.22. The molecular formula is C11H11Cl3O4S. The van der Waals surface area contributed by atoms with Crippen molar-refractivity contribution in [3.63, 3.8) is 0 Å². The summed E-state index contributed by atoms with van der Waals surface area (Å²) in [5.41, 5.74) is 0. The Morgan fingerprint density at radius 1 is 1.16 bits per heavy atom. The fraction of sp³-hybridized carbons (Fsp3) is 0.364. The molecule has 0 aromatic heterocycles. The largest absolute Gasteiger partial charge is 0.298 e. The Kier molecular flexibility index (Phi) is 6.08. The number of Topliss-reactive ketones (excluding diaryl/α,β-unsaturated/α-hetero) is 1. The smallest absolute Gasteiger partial charge is 0.297 e. The van der Waals surface area contributed by atoms with Gasteiger partial charge in [-0.15, -0.1) is 0 Å². The average Bonchev–Trinajstić information content (AvgIpc) is 2.31. The van der Waals surface area contributed by atoms with Crippen LogP contribution >= 0.6 is 34.8 Å². The number of hydrogen-bond donors (Lipinski definition) is 0. The van der Waals surface area contributed by atoms with E-state index in [2.05, 4.69) is 4.18 Å². The van der Waals surface area contributed by atoms with E-state index < -0.39 is 16.7 Å². The van der Waals surface area contributed by atoms with E-state index in [0.717, 1.165) is 6.07 Å². The number of rotatable bonds is 6. The highest BCUT2D eigenvalue weighted by Crippen LogP contribution is 2.32. The SMILES string of the molecule is CCCC(=O)COS(=O)(=O)c1cc(Cl)c(Cl)cc1Cl. The van der Waals surface area contributed by atoms with Crippen molar-refractivity contribution in [3.8, 4) is 0 Å². The second kappa shape index (κ2) is 6.90. The Bertz CT molecular complexity index is 584. The average molecular weight is 346 g/mol. The molecule has 8 heteroatoms. The molecule has 0 unspecified atom stereocenters. The third kappa shape index (κ3) is 4.61. The molecule has 0 heterocycles. The third-order valence-corrected chi connectivity index (χ3v) is 4.60. The third-order valence-electron chi connectivity index (χ3n) is 2.15. The molecule has 4 nitrogen and oxygen atoms in total. The summed E-state index contributed by atoms with van der Waals surface area (Å²) < 4.78 is 28.4. The van der Waals surface area contributed by atoms with Crippen LogP contribution in [-0.4, -0.2) is 20.8 Å². The van der Waals surface area contributed by atoms with E-state index in [9.17, 15) is 13.2 Å². The van der Waals surface area contributed by atoms with Crippen LogP contribution in [0.1, 0.15) is 19.8 Å². The predicted octanol–water partition coefficient (Wildman–Crippen LogP) is 3.72. The van der Waals surface area contributed by atoms with Crippen LogP contribution in [-0.2, 0) is 19.1 Å². The van der Waals surface area contributed by atoms with E-state index in [-0.39, 0.29) is 32.2 Å². The molecule has 0 radical (unpaired) electrons. The summed E-state index contributed by atoms with van der Waals surface area (Å²) in [5, 5.41) is 0.0538. The summed E-state index contributed by atoms with van der Waals surface area (Å²) in [6.07, 6.45) is 0.875. The van der Waals surface area contributed by atoms with Gasteiger partial charge in [-0.3, -0.25) is 8.98 Å².